The number of thioether (sulfide) groups is 1. The van der Waals surface area contributed by atoms with Gasteiger partial charge in [-0.3, -0.25) is 14.4 Å². The normalized spacial score (nSPS) is 26.7. The fourth-order valence-corrected chi connectivity index (χ4v) is 10.2. The maximum Gasteiger partial charge on any atom is 0.245 e. The van der Waals surface area contributed by atoms with Crippen molar-refractivity contribution in [3.63, 3.8) is 0 Å². The highest BCUT2D eigenvalue weighted by Crippen LogP contribution is 2.71. The standard InChI is InChI=1S/C35H38N6O5S/c1-3-46-25-15-13-23(14-16-25)37-31(43)28-29-33(45)41(24(20-42)19-22-9-5-4-6-10-22)30(35(29)18-17-34(28,2)47-35)32(44)36-21-40-27-12-8-7-11-26(27)38-39-40/h4-16,24,28-30,42H,3,17-21H2,1-2H3,(H,36,44)(H,37,43)/t24-,28-,29+,30?,34+,35?/m1/s1. The van der Waals surface area contributed by atoms with E-state index in [1.807, 2.05) is 68.4 Å². The number of carbonyl (C=O) groups excluding carboxylic acids is 3. The molecular formula is C35H38N6O5S. The molecule has 3 N–H and O–H groups in total. The van der Waals surface area contributed by atoms with Crippen molar-refractivity contribution in [1.82, 2.24) is 25.2 Å². The molecule has 4 aromatic rings. The lowest BCUT2D eigenvalue weighted by Gasteiger charge is -2.37. The number of rotatable bonds is 11. The zero-order valence-corrected chi connectivity index (χ0v) is 27.2. The molecule has 7 rings (SSSR count). The number of amides is 3. The third-order valence-electron chi connectivity index (χ3n) is 9.92. The summed E-state index contributed by atoms with van der Waals surface area (Å²) < 4.78 is 5.77. The quantitative estimate of drug-likeness (QED) is 0.223. The highest BCUT2D eigenvalue weighted by Gasteiger charge is 2.77. The van der Waals surface area contributed by atoms with Gasteiger partial charge in [0.25, 0.3) is 0 Å². The van der Waals surface area contributed by atoms with E-state index >= 15 is 0 Å². The Morgan fingerprint density at radius 1 is 1.04 bits per heavy atom. The average molecular weight is 655 g/mol. The van der Waals surface area contributed by atoms with Crippen LogP contribution in [-0.4, -0.2) is 77.5 Å². The van der Waals surface area contributed by atoms with E-state index in [-0.39, 0.29) is 31.0 Å². The van der Waals surface area contributed by atoms with Crippen molar-refractivity contribution < 1.29 is 24.2 Å². The van der Waals surface area contributed by atoms with Crippen molar-refractivity contribution >= 4 is 46.2 Å². The van der Waals surface area contributed by atoms with Crippen molar-refractivity contribution in [2.45, 2.75) is 61.4 Å². The van der Waals surface area contributed by atoms with Gasteiger partial charge in [0.1, 0.15) is 24.0 Å². The molecule has 3 fully saturated rings. The summed E-state index contributed by atoms with van der Waals surface area (Å²) in [5.41, 5.74) is 3.03. The van der Waals surface area contributed by atoms with Crippen LogP contribution in [0, 0.1) is 11.8 Å². The highest BCUT2D eigenvalue weighted by molar-refractivity contribution is 8.02. The Hall–Kier alpha value is -4.42. The summed E-state index contributed by atoms with van der Waals surface area (Å²) >= 11 is 1.59. The number of fused-ring (bicyclic) bond motifs is 2. The van der Waals surface area contributed by atoms with Crippen LogP contribution in [-0.2, 0) is 27.5 Å². The number of para-hydroxylation sites is 1. The molecule has 3 saturated heterocycles. The van der Waals surface area contributed by atoms with Gasteiger partial charge >= 0.3 is 0 Å². The van der Waals surface area contributed by atoms with Crippen LogP contribution < -0.4 is 15.4 Å². The molecule has 11 nitrogen and oxygen atoms in total. The van der Waals surface area contributed by atoms with Crippen LogP contribution in [0.4, 0.5) is 5.69 Å². The Labute approximate surface area is 277 Å². The molecule has 244 valence electrons. The summed E-state index contributed by atoms with van der Waals surface area (Å²) in [7, 11) is 0. The molecule has 0 radical (unpaired) electrons. The number of hydrogen-bond acceptors (Lipinski definition) is 8. The Bertz CT molecular complexity index is 1800. The maximum absolute atomic E-state index is 14.7. The van der Waals surface area contributed by atoms with E-state index in [9.17, 15) is 19.5 Å². The van der Waals surface area contributed by atoms with E-state index in [4.69, 9.17) is 4.74 Å². The molecule has 3 amide bonds. The maximum atomic E-state index is 14.7. The van der Waals surface area contributed by atoms with E-state index in [0.29, 0.717) is 42.8 Å². The first-order chi connectivity index (χ1) is 22.8. The fourth-order valence-electron chi connectivity index (χ4n) is 7.90. The molecule has 47 heavy (non-hydrogen) atoms. The summed E-state index contributed by atoms with van der Waals surface area (Å²) in [5, 5.41) is 25.2. The number of carbonyl (C=O) groups is 3. The molecule has 2 unspecified atom stereocenters. The van der Waals surface area contributed by atoms with E-state index < -0.39 is 33.4 Å². The van der Waals surface area contributed by atoms with Crippen LogP contribution >= 0.6 is 11.8 Å². The van der Waals surface area contributed by atoms with Crippen molar-refractivity contribution in [3.8, 4) is 5.75 Å². The van der Waals surface area contributed by atoms with E-state index in [1.54, 1.807) is 45.6 Å². The first-order valence-corrected chi connectivity index (χ1v) is 16.9. The minimum Gasteiger partial charge on any atom is -0.494 e. The van der Waals surface area contributed by atoms with Crippen LogP contribution in [0.3, 0.4) is 0 Å². The second-order valence-corrected chi connectivity index (χ2v) is 14.6. The van der Waals surface area contributed by atoms with Crippen molar-refractivity contribution in [2.75, 3.05) is 18.5 Å². The Morgan fingerprint density at radius 3 is 2.53 bits per heavy atom. The number of likely N-dealkylation sites (tertiary alicyclic amines) is 1. The number of anilines is 1. The summed E-state index contributed by atoms with van der Waals surface area (Å²) in [6, 6.07) is 22.7. The molecule has 1 aromatic heterocycles. The number of aliphatic hydroxyl groups is 1. The number of ether oxygens (including phenoxy) is 1. The van der Waals surface area contributed by atoms with Crippen molar-refractivity contribution in [2.24, 2.45) is 11.8 Å². The monoisotopic (exact) mass is 654 g/mol. The van der Waals surface area contributed by atoms with Gasteiger partial charge in [-0.25, -0.2) is 4.68 Å². The van der Waals surface area contributed by atoms with Gasteiger partial charge < -0.3 is 25.4 Å². The number of nitrogens with zero attached hydrogens (tertiary/aromatic N) is 4. The lowest BCUT2D eigenvalue weighted by atomic mass is 9.66. The van der Waals surface area contributed by atoms with Gasteiger partial charge in [-0.05, 0) is 75.1 Å². The molecular weight excluding hydrogens is 616 g/mol. The van der Waals surface area contributed by atoms with Crippen LogP contribution in [0.1, 0.15) is 32.3 Å². The van der Waals surface area contributed by atoms with Gasteiger partial charge in [-0.1, -0.05) is 47.7 Å². The van der Waals surface area contributed by atoms with Crippen LogP contribution in [0.25, 0.3) is 11.0 Å². The molecule has 3 aliphatic rings. The van der Waals surface area contributed by atoms with Crippen LogP contribution in [0.5, 0.6) is 5.75 Å². The minimum absolute atomic E-state index is 0.0602. The lowest BCUT2D eigenvalue weighted by molar-refractivity contribution is -0.142. The van der Waals surface area contributed by atoms with Crippen molar-refractivity contribution in [3.05, 3.63) is 84.4 Å². The molecule has 4 heterocycles. The van der Waals surface area contributed by atoms with E-state index in [1.165, 1.54) is 0 Å². The summed E-state index contributed by atoms with van der Waals surface area (Å²) in [5.74, 6) is -1.56. The Morgan fingerprint density at radius 2 is 1.79 bits per heavy atom. The van der Waals surface area contributed by atoms with Gasteiger partial charge in [0.15, 0.2) is 0 Å². The first kappa shape index (κ1) is 31.2. The highest BCUT2D eigenvalue weighted by atomic mass is 32.2. The van der Waals surface area contributed by atoms with E-state index in [2.05, 4.69) is 20.9 Å². The molecule has 1 spiro atoms. The second-order valence-electron chi connectivity index (χ2n) is 12.7. The SMILES string of the molecule is CCOc1ccc(NC(=O)[C@H]2[C@H]3C(=O)N([C@@H](CO)Cc4ccccc4)C(C(=O)NCn4nnc5ccccc54)C34CC[C@]2(C)S4)cc1. The topological polar surface area (TPSA) is 139 Å². The third kappa shape index (κ3) is 5.33. The number of nitrogens with one attached hydrogen (secondary N) is 2. The van der Waals surface area contributed by atoms with Crippen LogP contribution in [0.2, 0.25) is 0 Å². The molecule has 0 saturated carbocycles. The molecule has 6 atom stereocenters. The molecule has 12 heteroatoms. The predicted molar refractivity (Wildman–Crippen MR) is 179 cm³/mol. The summed E-state index contributed by atoms with van der Waals surface area (Å²) in [4.78, 5) is 44.8. The number of aromatic nitrogens is 3. The fraction of sp³-hybridized carbons (Fsp3) is 0.400. The molecule has 3 aromatic carbocycles. The van der Waals surface area contributed by atoms with Gasteiger partial charge in [0.2, 0.25) is 17.7 Å². The predicted octanol–water partition coefficient (Wildman–Crippen LogP) is 3.63. The average Bonchev–Trinajstić information content (AvgIpc) is 3.79. The second kappa shape index (κ2) is 12.3. The molecule has 2 bridgehead atoms. The largest absolute Gasteiger partial charge is 0.494 e. The number of aliphatic hydroxyl groups excluding tert-OH is 1. The molecule has 3 aliphatic heterocycles. The number of hydrogen-bond donors (Lipinski definition) is 3. The third-order valence-corrected chi connectivity index (χ3v) is 11.9. The Balaban J connectivity index is 1.22. The number of benzene rings is 3. The van der Waals surface area contributed by atoms with Crippen LogP contribution in [0.15, 0.2) is 78.9 Å². The van der Waals surface area contributed by atoms with Gasteiger partial charge in [-0.2, -0.15) is 0 Å². The Kier molecular flexibility index (Phi) is 8.17. The summed E-state index contributed by atoms with van der Waals surface area (Å²) in [6.07, 6.45) is 1.65. The van der Waals surface area contributed by atoms with Gasteiger partial charge in [-0.15, -0.1) is 16.9 Å². The van der Waals surface area contributed by atoms with Gasteiger partial charge in [0, 0.05) is 10.4 Å². The minimum atomic E-state index is -0.897. The first-order valence-electron chi connectivity index (χ1n) is 16.0. The summed E-state index contributed by atoms with van der Waals surface area (Å²) in [6.45, 7) is 4.21. The van der Waals surface area contributed by atoms with E-state index in [0.717, 1.165) is 11.1 Å². The zero-order valence-electron chi connectivity index (χ0n) is 26.3. The van der Waals surface area contributed by atoms with Gasteiger partial charge in [0.05, 0.1) is 41.4 Å². The molecule has 0 aliphatic carbocycles. The van der Waals surface area contributed by atoms with Crippen molar-refractivity contribution in [1.29, 1.82) is 0 Å². The zero-order chi connectivity index (χ0) is 32.8. The smallest absolute Gasteiger partial charge is 0.245 e. The lowest BCUT2D eigenvalue weighted by Crippen LogP contribution is -2.57.